The van der Waals surface area contributed by atoms with Crippen LogP contribution in [0.5, 0.6) is 0 Å². The fourth-order valence-corrected chi connectivity index (χ4v) is 4.63. The van der Waals surface area contributed by atoms with E-state index in [4.69, 9.17) is 4.98 Å². The van der Waals surface area contributed by atoms with Gasteiger partial charge in [-0.15, -0.1) is 0 Å². The first-order valence-electron chi connectivity index (χ1n) is 12.0. The fourth-order valence-electron chi connectivity index (χ4n) is 4.63. The second-order valence-electron chi connectivity index (χ2n) is 10.4. The van der Waals surface area contributed by atoms with Gasteiger partial charge in [-0.3, -0.25) is 4.79 Å². The zero-order valence-corrected chi connectivity index (χ0v) is 20.5. The number of halogens is 2. The lowest BCUT2D eigenvalue weighted by Crippen LogP contribution is -2.53. The van der Waals surface area contributed by atoms with Crippen LogP contribution in [-0.2, 0) is 22.2 Å². The molecular weight excluding hydrogens is 438 g/mol. The highest BCUT2D eigenvalue weighted by molar-refractivity contribution is 5.73. The summed E-state index contributed by atoms with van der Waals surface area (Å²) in [6.45, 7) is 7.77. The van der Waals surface area contributed by atoms with Crippen molar-refractivity contribution in [2.75, 3.05) is 6.54 Å². The van der Waals surface area contributed by atoms with Crippen molar-refractivity contribution in [2.45, 2.75) is 89.3 Å². The molecule has 1 saturated carbocycles. The minimum absolute atomic E-state index is 0.103. The molecule has 3 rings (SSSR count). The Hall–Kier alpha value is -2.45. The summed E-state index contributed by atoms with van der Waals surface area (Å²) >= 11 is 0. The second kappa shape index (κ2) is 10.9. The Morgan fingerprint density at radius 2 is 1.79 bits per heavy atom. The third-order valence-corrected chi connectivity index (χ3v) is 6.40. The van der Waals surface area contributed by atoms with E-state index in [-0.39, 0.29) is 24.3 Å². The molecule has 0 saturated heterocycles. The number of aliphatic hydroxyl groups excluding tert-OH is 1. The van der Waals surface area contributed by atoms with Crippen LogP contribution in [-0.4, -0.2) is 39.7 Å². The number of carbonyl (C=O) groups is 1. The summed E-state index contributed by atoms with van der Waals surface area (Å²) in [6, 6.07) is 4.46. The van der Waals surface area contributed by atoms with Gasteiger partial charge in [-0.25, -0.2) is 18.7 Å². The zero-order valence-electron chi connectivity index (χ0n) is 20.5. The number of aromatic nitrogens is 2. The number of aliphatic hydroxyl groups is 1. The topological polar surface area (TPSA) is 87.1 Å². The van der Waals surface area contributed by atoms with Gasteiger partial charge in [0, 0.05) is 31.1 Å². The van der Waals surface area contributed by atoms with Crippen LogP contribution >= 0.6 is 0 Å². The number of rotatable bonds is 8. The summed E-state index contributed by atoms with van der Waals surface area (Å²) in [5.41, 5.74) is 0.673. The van der Waals surface area contributed by atoms with Gasteiger partial charge in [0.2, 0.25) is 5.91 Å². The van der Waals surface area contributed by atoms with Gasteiger partial charge in [-0.1, -0.05) is 40.0 Å². The molecule has 1 aromatic carbocycles. The van der Waals surface area contributed by atoms with Crippen molar-refractivity contribution >= 4 is 5.91 Å². The van der Waals surface area contributed by atoms with Crippen LogP contribution in [0.1, 0.15) is 76.9 Å². The average molecular weight is 475 g/mol. The lowest BCUT2D eigenvalue weighted by molar-refractivity contribution is -0.120. The van der Waals surface area contributed by atoms with Crippen molar-refractivity contribution in [3.8, 4) is 0 Å². The molecule has 2 atom stereocenters. The van der Waals surface area contributed by atoms with E-state index in [1.54, 1.807) is 6.20 Å². The number of carbonyl (C=O) groups excluding carboxylic acids is 1. The third kappa shape index (κ3) is 6.79. The van der Waals surface area contributed by atoms with Gasteiger partial charge in [0.1, 0.15) is 17.5 Å². The predicted molar refractivity (Wildman–Crippen MR) is 127 cm³/mol. The van der Waals surface area contributed by atoms with E-state index in [1.807, 2.05) is 6.07 Å². The molecule has 1 heterocycles. The van der Waals surface area contributed by atoms with E-state index in [9.17, 15) is 18.7 Å². The molecule has 3 N–H and O–H groups in total. The Morgan fingerprint density at radius 3 is 2.38 bits per heavy atom. The zero-order chi connectivity index (χ0) is 24.9. The number of nitrogens with zero attached hydrogens (tertiary/aromatic N) is 2. The van der Waals surface area contributed by atoms with Crippen molar-refractivity contribution in [1.82, 2.24) is 20.6 Å². The number of nitrogens with one attached hydrogen (secondary N) is 2. The van der Waals surface area contributed by atoms with Gasteiger partial charge in [-0.2, -0.15) is 0 Å². The average Bonchev–Trinajstić information content (AvgIpc) is 2.76. The molecule has 0 bridgehead atoms. The van der Waals surface area contributed by atoms with Gasteiger partial charge < -0.3 is 15.7 Å². The quantitative estimate of drug-likeness (QED) is 0.540. The van der Waals surface area contributed by atoms with Gasteiger partial charge in [0.05, 0.1) is 23.4 Å². The summed E-state index contributed by atoms with van der Waals surface area (Å²) < 4.78 is 27.3. The highest BCUT2D eigenvalue weighted by Gasteiger charge is 2.37. The van der Waals surface area contributed by atoms with E-state index in [0.717, 1.165) is 49.7 Å². The van der Waals surface area contributed by atoms with Gasteiger partial charge in [0.15, 0.2) is 0 Å². The molecule has 8 heteroatoms. The Balaban J connectivity index is 1.80. The van der Waals surface area contributed by atoms with E-state index < -0.39 is 29.3 Å². The molecule has 0 aliphatic heterocycles. The summed E-state index contributed by atoms with van der Waals surface area (Å²) in [5, 5.41) is 17.3. The van der Waals surface area contributed by atoms with Crippen molar-refractivity contribution in [3.63, 3.8) is 0 Å². The molecule has 2 unspecified atom stereocenters. The van der Waals surface area contributed by atoms with Gasteiger partial charge in [0.25, 0.3) is 0 Å². The molecule has 186 valence electrons. The maximum Gasteiger partial charge on any atom is 0.217 e. The molecule has 1 aromatic heterocycles. The molecule has 2 aromatic rings. The third-order valence-electron chi connectivity index (χ3n) is 6.40. The smallest absolute Gasteiger partial charge is 0.217 e. The number of hydrogen-bond acceptors (Lipinski definition) is 5. The Morgan fingerprint density at radius 1 is 1.15 bits per heavy atom. The van der Waals surface area contributed by atoms with E-state index in [1.165, 1.54) is 19.1 Å². The molecule has 34 heavy (non-hydrogen) atoms. The van der Waals surface area contributed by atoms with Crippen molar-refractivity contribution < 1.29 is 18.7 Å². The Labute approximate surface area is 200 Å². The van der Waals surface area contributed by atoms with Crippen LogP contribution in [0.25, 0.3) is 0 Å². The minimum atomic E-state index is -0.974. The lowest BCUT2D eigenvalue weighted by Gasteiger charge is -2.39. The van der Waals surface area contributed by atoms with Gasteiger partial charge >= 0.3 is 0 Å². The second-order valence-corrected chi connectivity index (χ2v) is 10.4. The van der Waals surface area contributed by atoms with Crippen LogP contribution < -0.4 is 10.6 Å². The molecule has 6 nitrogen and oxygen atoms in total. The first kappa shape index (κ1) is 26.2. The first-order valence-corrected chi connectivity index (χ1v) is 12.0. The fraction of sp³-hybridized carbons (Fsp3) is 0.577. The Kier molecular flexibility index (Phi) is 8.36. The summed E-state index contributed by atoms with van der Waals surface area (Å²) in [7, 11) is 0. The molecule has 1 fully saturated rings. The molecule has 1 amide bonds. The maximum atomic E-state index is 13.7. The van der Waals surface area contributed by atoms with Gasteiger partial charge in [-0.05, 0) is 43.0 Å². The number of hydrogen-bond donors (Lipinski definition) is 3. The first-order chi connectivity index (χ1) is 16.0. The van der Waals surface area contributed by atoms with E-state index in [0.29, 0.717) is 5.56 Å². The largest absolute Gasteiger partial charge is 0.390 e. The lowest BCUT2D eigenvalue weighted by atomic mass is 9.78. The summed E-state index contributed by atoms with van der Waals surface area (Å²) in [4.78, 5) is 21.1. The number of amides is 1. The molecule has 1 aliphatic rings. The van der Waals surface area contributed by atoms with Crippen LogP contribution in [0, 0.1) is 11.6 Å². The van der Waals surface area contributed by atoms with Crippen LogP contribution in [0.3, 0.4) is 0 Å². The normalized spacial score (nSPS) is 17.7. The van der Waals surface area contributed by atoms with Crippen molar-refractivity contribution in [3.05, 3.63) is 59.2 Å². The SMILES string of the molecule is CC(=O)NC(Cc1cc(F)cc(F)c1)C(O)CNC1(c2ccnc(C(C)(C)C)n2)CCCCC1. The van der Waals surface area contributed by atoms with Crippen molar-refractivity contribution in [1.29, 1.82) is 0 Å². The molecular formula is C26H36F2N4O2. The standard InChI is InChI=1S/C26H36F2N4O2/c1-17(33)31-21(14-18-12-19(27)15-20(28)13-18)22(34)16-30-26(9-6-5-7-10-26)23-8-11-29-24(32-23)25(2,3)4/h8,11-13,15,21-22,30,34H,5-7,9-10,14,16H2,1-4H3,(H,31,33). The maximum absolute atomic E-state index is 13.7. The molecule has 0 radical (unpaired) electrons. The highest BCUT2D eigenvalue weighted by Crippen LogP contribution is 2.37. The predicted octanol–water partition coefficient (Wildman–Crippen LogP) is 3.91. The Bertz CT molecular complexity index is 967. The summed E-state index contributed by atoms with van der Waals surface area (Å²) in [6.07, 6.45) is 5.88. The van der Waals surface area contributed by atoms with E-state index >= 15 is 0 Å². The highest BCUT2D eigenvalue weighted by atomic mass is 19.1. The molecule has 0 spiro atoms. The molecule has 1 aliphatic carbocycles. The minimum Gasteiger partial charge on any atom is -0.390 e. The van der Waals surface area contributed by atoms with E-state index in [2.05, 4.69) is 36.4 Å². The van der Waals surface area contributed by atoms with Crippen LogP contribution in [0.15, 0.2) is 30.5 Å². The van der Waals surface area contributed by atoms with Crippen molar-refractivity contribution in [2.24, 2.45) is 0 Å². The van der Waals surface area contributed by atoms with Crippen LogP contribution in [0.4, 0.5) is 8.78 Å². The summed E-state index contributed by atoms with van der Waals surface area (Å²) in [5.74, 6) is -0.937. The van der Waals surface area contributed by atoms with Crippen LogP contribution in [0.2, 0.25) is 0 Å². The number of benzene rings is 1. The monoisotopic (exact) mass is 474 g/mol.